The van der Waals surface area contributed by atoms with Crippen LogP contribution in [-0.4, -0.2) is 32.4 Å². The summed E-state index contributed by atoms with van der Waals surface area (Å²) in [7, 11) is 3.16. The maximum atomic E-state index is 12.1. The number of hydrogen-bond donors (Lipinski definition) is 1. The van der Waals surface area contributed by atoms with Crippen LogP contribution >= 0.6 is 0 Å². The Morgan fingerprint density at radius 1 is 1.12 bits per heavy atom. The second-order valence-electron chi connectivity index (χ2n) is 5.81. The van der Waals surface area contributed by atoms with E-state index in [1.807, 2.05) is 44.2 Å². The lowest BCUT2D eigenvalue weighted by molar-refractivity contribution is -0.120. The number of rotatable bonds is 7. The number of methoxy groups -OCH3 is 2. The molecule has 1 N–H and O–H groups in total. The van der Waals surface area contributed by atoms with Gasteiger partial charge in [0.2, 0.25) is 0 Å². The van der Waals surface area contributed by atoms with Crippen molar-refractivity contribution >= 4 is 17.3 Å². The molecule has 0 bridgehead atoms. The average Bonchev–Trinajstić information content (AvgIpc) is 2.64. The second-order valence-corrected chi connectivity index (χ2v) is 5.81. The van der Waals surface area contributed by atoms with Crippen molar-refractivity contribution in [1.82, 2.24) is 0 Å². The zero-order chi connectivity index (χ0) is 19.1. The topological polar surface area (TPSA) is 69.2 Å². The molecule has 138 valence electrons. The largest absolute Gasteiger partial charge is 0.497 e. The van der Waals surface area contributed by atoms with Crippen molar-refractivity contribution in [1.29, 1.82) is 0 Å². The maximum Gasteiger partial charge on any atom is 0.265 e. The van der Waals surface area contributed by atoms with Crippen molar-refractivity contribution in [2.24, 2.45) is 5.16 Å². The molecule has 0 saturated heterocycles. The Bertz CT molecular complexity index is 815. The van der Waals surface area contributed by atoms with Crippen LogP contribution in [0.15, 0.2) is 41.6 Å². The molecule has 0 aliphatic carbocycles. The van der Waals surface area contributed by atoms with E-state index in [1.54, 1.807) is 27.2 Å². The minimum Gasteiger partial charge on any atom is -0.497 e. The molecular weight excluding hydrogens is 332 g/mol. The van der Waals surface area contributed by atoms with Gasteiger partial charge in [-0.05, 0) is 50.1 Å². The van der Waals surface area contributed by atoms with Gasteiger partial charge < -0.3 is 19.6 Å². The smallest absolute Gasteiger partial charge is 0.265 e. The molecule has 0 heterocycles. The molecule has 2 rings (SSSR count). The molecule has 6 heteroatoms. The highest BCUT2D eigenvalue weighted by atomic mass is 16.6. The number of aryl methyl sites for hydroxylation is 1. The fraction of sp³-hybridized carbons (Fsp3) is 0.300. The third kappa shape index (κ3) is 4.75. The molecule has 0 radical (unpaired) electrons. The molecule has 2 aromatic carbocycles. The molecule has 0 atom stereocenters. The zero-order valence-electron chi connectivity index (χ0n) is 15.8. The fourth-order valence-electron chi connectivity index (χ4n) is 2.41. The molecule has 0 spiro atoms. The highest BCUT2D eigenvalue weighted by Gasteiger charge is 2.10. The van der Waals surface area contributed by atoms with E-state index >= 15 is 0 Å². The Labute approximate surface area is 153 Å². The van der Waals surface area contributed by atoms with Gasteiger partial charge in [-0.1, -0.05) is 17.3 Å². The number of carbonyl (C=O) groups is 1. The minimum atomic E-state index is -0.267. The summed E-state index contributed by atoms with van der Waals surface area (Å²) in [5, 5.41) is 6.84. The van der Waals surface area contributed by atoms with Gasteiger partial charge in [0, 0.05) is 17.3 Å². The standard InChI is InChI=1S/C20H24N2O4/c1-13-7-6-8-18(14(13)2)21-20(23)12-26-22-15(3)17-10-9-16(24-4)11-19(17)25-5/h6-11H,12H2,1-5H3,(H,21,23)/b22-15-. The first-order valence-corrected chi connectivity index (χ1v) is 8.21. The molecule has 6 nitrogen and oxygen atoms in total. The number of carbonyl (C=O) groups excluding carboxylic acids is 1. The van der Waals surface area contributed by atoms with Gasteiger partial charge in [0.15, 0.2) is 6.61 Å². The van der Waals surface area contributed by atoms with Crippen molar-refractivity contribution in [2.75, 3.05) is 26.1 Å². The van der Waals surface area contributed by atoms with Crippen LogP contribution in [0.2, 0.25) is 0 Å². The Morgan fingerprint density at radius 3 is 2.58 bits per heavy atom. The van der Waals surface area contributed by atoms with Crippen molar-refractivity contribution < 1.29 is 19.1 Å². The summed E-state index contributed by atoms with van der Waals surface area (Å²) < 4.78 is 10.5. The molecule has 0 aromatic heterocycles. The number of ether oxygens (including phenoxy) is 2. The lowest BCUT2D eigenvalue weighted by Gasteiger charge is -2.11. The average molecular weight is 356 g/mol. The monoisotopic (exact) mass is 356 g/mol. The minimum absolute atomic E-state index is 0.177. The van der Waals surface area contributed by atoms with Gasteiger partial charge in [0.05, 0.1) is 19.9 Å². The zero-order valence-corrected chi connectivity index (χ0v) is 15.8. The Kier molecular flexibility index (Phi) is 6.60. The van der Waals surface area contributed by atoms with E-state index in [0.29, 0.717) is 17.2 Å². The summed E-state index contributed by atoms with van der Waals surface area (Å²) >= 11 is 0. The van der Waals surface area contributed by atoms with Gasteiger partial charge in [-0.15, -0.1) is 0 Å². The highest BCUT2D eigenvalue weighted by molar-refractivity contribution is 6.01. The normalized spacial score (nSPS) is 11.0. The van der Waals surface area contributed by atoms with E-state index in [4.69, 9.17) is 14.3 Å². The molecule has 0 unspecified atom stereocenters. The molecule has 2 aromatic rings. The van der Waals surface area contributed by atoms with Crippen LogP contribution in [0.1, 0.15) is 23.6 Å². The highest BCUT2D eigenvalue weighted by Crippen LogP contribution is 2.25. The van der Waals surface area contributed by atoms with Gasteiger partial charge in [0.1, 0.15) is 11.5 Å². The van der Waals surface area contributed by atoms with Crippen LogP contribution in [0.3, 0.4) is 0 Å². The summed E-state index contributed by atoms with van der Waals surface area (Å²) in [6.07, 6.45) is 0. The second kappa shape index (κ2) is 8.89. The molecule has 26 heavy (non-hydrogen) atoms. The van der Waals surface area contributed by atoms with Crippen molar-refractivity contribution in [3.8, 4) is 11.5 Å². The number of oxime groups is 1. The number of hydrogen-bond acceptors (Lipinski definition) is 5. The summed E-state index contributed by atoms with van der Waals surface area (Å²) in [6, 6.07) is 11.2. The first-order valence-electron chi connectivity index (χ1n) is 8.21. The van der Waals surface area contributed by atoms with Crippen molar-refractivity contribution in [3.63, 3.8) is 0 Å². The fourth-order valence-corrected chi connectivity index (χ4v) is 2.41. The number of benzene rings is 2. The van der Waals surface area contributed by atoms with Crippen LogP contribution in [0.25, 0.3) is 0 Å². The van der Waals surface area contributed by atoms with E-state index in [9.17, 15) is 4.79 Å². The quantitative estimate of drug-likeness (QED) is 0.607. The third-order valence-electron chi connectivity index (χ3n) is 4.07. The molecule has 1 amide bonds. The number of anilines is 1. The molecular formula is C20H24N2O4. The van der Waals surface area contributed by atoms with Gasteiger partial charge in [-0.2, -0.15) is 0 Å². The Morgan fingerprint density at radius 2 is 1.88 bits per heavy atom. The first-order chi connectivity index (χ1) is 12.5. The summed E-state index contributed by atoms with van der Waals surface area (Å²) in [5.74, 6) is 1.04. The predicted octanol–water partition coefficient (Wildman–Crippen LogP) is 3.70. The van der Waals surface area contributed by atoms with Crippen molar-refractivity contribution in [3.05, 3.63) is 53.1 Å². The lowest BCUT2D eigenvalue weighted by atomic mass is 10.1. The maximum absolute atomic E-state index is 12.1. The van der Waals surface area contributed by atoms with Crippen LogP contribution in [-0.2, 0) is 9.63 Å². The van der Waals surface area contributed by atoms with Crippen LogP contribution < -0.4 is 14.8 Å². The first kappa shape index (κ1) is 19.3. The number of amides is 1. The van der Waals surface area contributed by atoms with E-state index in [2.05, 4.69) is 10.5 Å². The van der Waals surface area contributed by atoms with Crippen LogP contribution in [0.4, 0.5) is 5.69 Å². The number of nitrogens with zero attached hydrogens (tertiary/aromatic N) is 1. The van der Waals surface area contributed by atoms with E-state index in [1.165, 1.54) is 0 Å². The van der Waals surface area contributed by atoms with Gasteiger partial charge in [-0.25, -0.2) is 0 Å². The molecule has 0 fully saturated rings. The number of nitrogens with one attached hydrogen (secondary N) is 1. The summed E-state index contributed by atoms with van der Waals surface area (Å²) in [4.78, 5) is 17.3. The van der Waals surface area contributed by atoms with E-state index in [-0.39, 0.29) is 12.5 Å². The molecule has 0 saturated carbocycles. The van der Waals surface area contributed by atoms with Crippen molar-refractivity contribution in [2.45, 2.75) is 20.8 Å². The van der Waals surface area contributed by atoms with E-state index in [0.717, 1.165) is 22.4 Å². The third-order valence-corrected chi connectivity index (χ3v) is 4.07. The molecule has 0 aliphatic rings. The Balaban J connectivity index is 1.99. The summed E-state index contributed by atoms with van der Waals surface area (Å²) in [6.45, 7) is 5.57. The molecule has 0 aliphatic heterocycles. The lowest BCUT2D eigenvalue weighted by Crippen LogP contribution is -2.18. The van der Waals surface area contributed by atoms with Gasteiger partial charge >= 0.3 is 0 Å². The SMILES string of the molecule is COc1ccc(/C(C)=N\OCC(=O)Nc2cccc(C)c2C)c(OC)c1. The van der Waals surface area contributed by atoms with E-state index < -0.39 is 0 Å². The Hall–Kier alpha value is -3.02. The van der Waals surface area contributed by atoms with Crippen LogP contribution in [0.5, 0.6) is 11.5 Å². The summed E-state index contributed by atoms with van der Waals surface area (Å²) in [5.41, 5.74) is 4.29. The van der Waals surface area contributed by atoms with Gasteiger partial charge in [-0.3, -0.25) is 4.79 Å². The van der Waals surface area contributed by atoms with Gasteiger partial charge in [0.25, 0.3) is 5.91 Å². The van der Waals surface area contributed by atoms with Crippen LogP contribution in [0, 0.1) is 13.8 Å². The predicted molar refractivity (Wildman–Crippen MR) is 102 cm³/mol.